The van der Waals surface area contributed by atoms with Gasteiger partial charge in [-0.25, -0.2) is 0 Å². The molecule has 0 bridgehead atoms. The van der Waals surface area contributed by atoms with E-state index >= 15 is 0 Å². The van der Waals surface area contributed by atoms with Crippen LogP contribution >= 0.6 is 0 Å². The minimum absolute atomic E-state index is 0. The predicted molar refractivity (Wildman–Crippen MR) is 9.95 cm³/mol. The second-order valence-electron chi connectivity index (χ2n) is 0. The molecule has 0 rings (SSSR count). The molecular weight excluding hydrogens is 132 g/mol. The van der Waals surface area contributed by atoms with Gasteiger partial charge in [-0.05, 0) is 0 Å². The molecule has 0 spiro atoms. The molecule has 0 saturated carbocycles. The monoisotopic (exact) mass is 131 g/mol. The second kappa shape index (κ2) is 859. The standard InChI is InChI=1S/Ga.N.3O/q2*+3;3*-2. The van der Waals surface area contributed by atoms with Crippen molar-refractivity contribution in [1.29, 1.82) is 0 Å². The molecule has 0 N–H and O–H groups in total. The molecule has 0 amide bonds. The van der Waals surface area contributed by atoms with E-state index < -0.39 is 0 Å². The predicted octanol–water partition coefficient (Wildman–Crippen LogP) is -1.22. The summed E-state index contributed by atoms with van der Waals surface area (Å²) in [7, 11) is 0. The van der Waals surface area contributed by atoms with E-state index in [4.69, 9.17) is 0 Å². The summed E-state index contributed by atoms with van der Waals surface area (Å²) < 4.78 is 0. The molecule has 2 radical (unpaired) electrons. The Labute approximate surface area is 43.1 Å². The van der Waals surface area contributed by atoms with Crippen molar-refractivity contribution in [2.45, 2.75) is 0 Å². The van der Waals surface area contributed by atoms with Gasteiger partial charge in [0.15, 0.2) is 0 Å². The Balaban J connectivity index is 0. The van der Waals surface area contributed by atoms with Crippen LogP contribution in [0.15, 0.2) is 0 Å². The molecular formula is GaNO3. The van der Waals surface area contributed by atoms with Crippen molar-refractivity contribution in [2.24, 2.45) is 0 Å². The Bertz CT molecular complexity index is 6.85. The number of hydrogen-bond donors (Lipinski definition) is 0. The van der Waals surface area contributed by atoms with E-state index in [0.717, 1.165) is 0 Å². The zero-order valence-corrected chi connectivity index (χ0v) is 4.67. The molecule has 0 unspecified atom stereocenters. The molecule has 5 heavy (non-hydrogen) atoms. The number of nitrogens with zero attached hydrogens (tertiary/aromatic N) is 1. The van der Waals surface area contributed by atoms with Crippen LogP contribution in [0.3, 0.4) is 0 Å². The van der Waals surface area contributed by atoms with Gasteiger partial charge in [0.1, 0.15) is 0 Å². The van der Waals surface area contributed by atoms with Crippen LogP contribution in [0.2, 0.25) is 0 Å². The van der Waals surface area contributed by atoms with Crippen LogP contribution in [-0.4, -0.2) is 19.8 Å². The molecule has 0 aromatic heterocycles. The molecule has 0 aliphatic rings. The van der Waals surface area contributed by atoms with E-state index in [-0.39, 0.29) is 42.4 Å². The molecule has 4 nitrogen and oxygen atoms in total. The summed E-state index contributed by atoms with van der Waals surface area (Å²) in [6, 6.07) is 0. The maximum absolute atomic E-state index is 0. The fourth-order valence-corrected chi connectivity index (χ4v) is 0. The van der Waals surface area contributed by atoms with Gasteiger partial charge in [0.2, 0.25) is 0 Å². The minimum Gasteiger partial charge on any atom is -2.00 e. The van der Waals surface area contributed by atoms with Gasteiger partial charge < -0.3 is 16.4 Å². The van der Waals surface area contributed by atoms with Gasteiger partial charge in [-0.3, -0.25) is 0 Å². The number of hydrogen-bond acceptors (Lipinski definition) is 0. The SMILES string of the molecule is [Ga+3].[N+3].[O-2].[O-2].[O-2]. The molecule has 0 aliphatic heterocycles. The van der Waals surface area contributed by atoms with E-state index in [1.54, 1.807) is 0 Å². The smallest absolute Gasteiger partial charge is 2.00 e. The first kappa shape index (κ1) is 1820. The van der Waals surface area contributed by atoms with Gasteiger partial charge >= 0.3 is 25.9 Å². The molecule has 0 heterocycles. The van der Waals surface area contributed by atoms with Crippen molar-refractivity contribution in [3.05, 3.63) is 0 Å². The Morgan fingerprint density at radius 1 is 0.600 bits per heavy atom. The van der Waals surface area contributed by atoms with Crippen LogP contribution in [-0.2, 0) is 16.4 Å². The Morgan fingerprint density at radius 3 is 0.600 bits per heavy atom. The molecule has 0 fully saturated rings. The average molecular weight is 132 g/mol. The van der Waals surface area contributed by atoms with Gasteiger partial charge in [0, 0.05) is 0 Å². The Kier molecular flexibility index (Phi) is 313000. The molecule has 0 aliphatic carbocycles. The first-order valence-electron chi connectivity index (χ1n) is 0. The fourth-order valence-electron chi connectivity index (χ4n) is 0. The van der Waals surface area contributed by atoms with Crippen LogP contribution in [0.5, 0.6) is 0 Å². The maximum atomic E-state index is 0. The van der Waals surface area contributed by atoms with Crippen molar-refractivity contribution in [3.8, 4) is 0 Å². The minimum atomic E-state index is 0. The Hall–Kier alpha value is 0.226. The van der Waals surface area contributed by atoms with Crippen molar-refractivity contribution in [3.63, 3.8) is 0 Å². The molecule has 26 valence electrons. The van der Waals surface area contributed by atoms with Gasteiger partial charge in [-0.15, -0.1) is 0 Å². The maximum Gasteiger partial charge on any atom is 3.00 e. The average Bonchev–Trinajstić information content (AvgIpc) is 0. The zero-order chi connectivity index (χ0) is 0. The summed E-state index contributed by atoms with van der Waals surface area (Å²) in [6.45, 7) is 0. The summed E-state index contributed by atoms with van der Waals surface area (Å²) in [5.74, 6) is 0. The molecule has 0 aromatic rings. The third kappa shape index (κ3) is 409. The van der Waals surface area contributed by atoms with Crippen LogP contribution < -0.4 is 6.15 Å². The van der Waals surface area contributed by atoms with Gasteiger partial charge in [0.25, 0.3) is 0 Å². The van der Waals surface area contributed by atoms with E-state index in [2.05, 4.69) is 0 Å². The zero-order valence-electron chi connectivity index (χ0n) is 2.25. The summed E-state index contributed by atoms with van der Waals surface area (Å²) in [5.41, 5.74) is 0. The van der Waals surface area contributed by atoms with Crippen molar-refractivity contribution >= 4 is 19.8 Å². The van der Waals surface area contributed by atoms with E-state index in [1.807, 2.05) is 0 Å². The third-order valence-corrected chi connectivity index (χ3v) is 0. The van der Waals surface area contributed by atoms with Crippen molar-refractivity contribution < 1.29 is 16.4 Å². The van der Waals surface area contributed by atoms with E-state index in [0.29, 0.717) is 0 Å². The van der Waals surface area contributed by atoms with Crippen LogP contribution in [0.1, 0.15) is 0 Å². The van der Waals surface area contributed by atoms with Gasteiger partial charge in [0.05, 0.1) is 0 Å². The quantitative estimate of drug-likeness (QED) is 0.367. The molecule has 5 heteroatoms. The normalized spacial score (nSPS) is 0. The first-order chi connectivity index (χ1) is 0. The fraction of sp³-hybridized carbons (Fsp3) is 0. The molecule has 0 atom stereocenters. The van der Waals surface area contributed by atoms with Gasteiger partial charge in [-0.2, -0.15) is 0 Å². The Morgan fingerprint density at radius 2 is 0.600 bits per heavy atom. The topological polar surface area (TPSA) is 116 Å². The number of rotatable bonds is 0. The van der Waals surface area contributed by atoms with E-state index in [9.17, 15) is 0 Å². The molecule has 0 saturated heterocycles. The van der Waals surface area contributed by atoms with Crippen molar-refractivity contribution in [2.75, 3.05) is 0 Å². The van der Waals surface area contributed by atoms with Gasteiger partial charge in [-0.1, -0.05) is 0 Å². The van der Waals surface area contributed by atoms with E-state index in [1.165, 1.54) is 0 Å². The van der Waals surface area contributed by atoms with Crippen molar-refractivity contribution in [1.82, 2.24) is 6.15 Å². The first-order valence-corrected chi connectivity index (χ1v) is 0. The summed E-state index contributed by atoms with van der Waals surface area (Å²) in [6.07, 6.45) is 0. The summed E-state index contributed by atoms with van der Waals surface area (Å²) >= 11 is 0. The third-order valence-electron chi connectivity index (χ3n) is 0. The second-order valence-corrected chi connectivity index (χ2v) is 0. The summed E-state index contributed by atoms with van der Waals surface area (Å²) in [5, 5.41) is 0. The molecule has 0 aromatic carbocycles. The largest absolute Gasteiger partial charge is 3.00 e. The van der Waals surface area contributed by atoms with Crippen LogP contribution in [0.25, 0.3) is 0 Å². The van der Waals surface area contributed by atoms with Crippen LogP contribution in [0, 0.1) is 0 Å². The van der Waals surface area contributed by atoms with Crippen LogP contribution in [0.4, 0.5) is 0 Å². The summed E-state index contributed by atoms with van der Waals surface area (Å²) in [4.78, 5) is 0.